The number of nitrogens with one attached hydrogen (secondary N) is 5. The van der Waals surface area contributed by atoms with Crippen LogP contribution in [-0.4, -0.2) is 84.8 Å². The van der Waals surface area contributed by atoms with Gasteiger partial charge >= 0.3 is 0 Å². The van der Waals surface area contributed by atoms with Crippen LogP contribution in [0, 0.1) is 93.6 Å². The summed E-state index contributed by atoms with van der Waals surface area (Å²) in [6.07, 6.45) is 3.45. The molecular weight excluding hydrogens is 1770 g/mol. The summed E-state index contributed by atoms with van der Waals surface area (Å²) in [5.41, 5.74) is 11.7. The first-order chi connectivity index (χ1) is 62.8. The fraction of sp³-hybridized carbons (Fsp3) is 0.0722. The number of benzene rings is 10. The van der Waals surface area contributed by atoms with E-state index in [1.54, 1.807) is 119 Å². The summed E-state index contributed by atoms with van der Waals surface area (Å²) in [5, 5.41) is 26.7. The first kappa shape index (κ1) is 87.6. The van der Waals surface area contributed by atoms with Crippen LogP contribution in [-0.2, 0) is 0 Å². The fourth-order valence-corrected chi connectivity index (χ4v) is 14.6. The van der Waals surface area contributed by atoms with E-state index in [-0.39, 0.29) is 5.82 Å². The topological polar surface area (TPSA) is 260 Å². The van der Waals surface area contributed by atoms with Gasteiger partial charge < -0.3 is 31.3 Å². The Morgan fingerprint density at radius 3 is 1.12 bits per heavy atom. The molecule has 0 bridgehead atoms. The van der Waals surface area contributed by atoms with Crippen LogP contribution < -0.4 is 31.3 Å². The molecule has 10 heterocycles. The Hall–Kier alpha value is -15.9. The van der Waals surface area contributed by atoms with E-state index in [9.17, 15) is 36.0 Å². The van der Waals surface area contributed by atoms with Gasteiger partial charge in [0.15, 0.2) is 46.5 Å². The zero-order valence-corrected chi connectivity index (χ0v) is 72.9. The molecule has 0 aliphatic heterocycles. The largest absolute Gasteiger partial charge is 0.497 e. The van der Waals surface area contributed by atoms with Gasteiger partial charge in [0.1, 0.15) is 87.2 Å². The maximum atomic E-state index is 13.7. The van der Waals surface area contributed by atoms with Gasteiger partial charge in [-0.15, -0.1) is 0 Å². The number of nitrogens with zero attached hydrogens (tertiary/aromatic N) is 17. The smallest absolute Gasteiger partial charge is 0.161 e. The number of rotatable bonds is 16. The molecule has 33 heteroatoms. The number of hydrogen-bond acceptors (Lipinski definition) is 18. The summed E-state index contributed by atoms with van der Waals surface area (Å²) in [6, 6.07) is 78.6. The number of aromatic nitrogens is 16. The number of methoxy groups -OCH3 is 1. The van der Waals surface area contributed by atoms with Crippen LogP contribution >= 0.6 is 39.1 Å². The summed E-state index contributed by atoms with van der Waals surface area (Å²) in [7, 11) is 1.61. The number of nitriles is 1. The fourth-order valence-electron chi connectivity index (χ4n) is 14.1. The minimum Gasteiger partial charge on any atom is -0.497 e. The molecule has 5 N–H and O–H groups in total. The van der Waals surface area contributed by atoms with Gasteiger partial charge in [0, 0.05) is 85.4 Å². The van der Waals surface area contributed by atoms with Gasteiger partial charge in [-0.2, -0.15) is 5.26 Å². The molecule has 0 atom stereocenters. The van der Waals surface area contributed by atoms with E-state index in [1.807, 2.05) is 183 Å². The Morgan fingerprint density at radius 2 is 0.669 bits per heavy atom. The van der Waals surface area contributed by atoms with Crippen molar-refractivity contribution >= 4 is 152 Å². The second kappa shape index (κ2) is 38.5. The number of anilines is 10. The van der Waals surface area contributed by atoms with Crippen LogP contribution in [0.2, 0.25) is 10.0 Å². The van der Waals surface area contributed by atoms with E-state index in [0.717, 1.165) is 97.7 Å². The molecule has 130 heavy (non-hydrogen) atoms. The highest BCUT2D eigenvalue weighted by Gasteiger charge is 2.21. The molecule has 0 radical (unpaired) electrons. The number of halogens is 10. The van der Waals surface area contributed by atoms with Crippen molar-refractivity contribution in [3.05, 3.63) is 375 Å². The second-order valence-electron chi connectivity index (χ2n) is 29.2. The van der Waals surface area contributed by atoms with E-state index < -0.39 is 34.9 Å². The van der Waals surface area contributed by atoms with Gasteiger partial charge in [-0.05, 0) is 224 Å². The van der Waals surface area contributed by atoms with Crippen molar-refractivity contribution < 1.29 is 35.5 Å². The van der Waals surface area contributed by atoms with Gasteiger partial charge in [0.05, 0.1) is 86.3 Å². The maximum Gasteiger partial charge on any atom is 0.161 e. The summed E-state index contributed by atoms with van der Waals surface area (Å²) >= 11 is 15.2. The molecule has 0 amide bonds. The van der Waals surface area contributed by atoms with Crippen molar-refractivity contribution in [3.63, 3.8) is 0 Å². The second-order valence-corrected chi connectivity index (χ2v) is 31.0. The Kier molecular flexibility index (Phi) is 25.9. The van der Waals surface area contributed by atoms with E-state index in [2.05, 4.69) is 103 Å². The van der Waals surface area contributed by atoms with Crippen molar-refractivity contribution in [2.75, 3.05) is 33.7 Å². The number of pyridine rings is 4. The zero-order valence-electron chi connectivity index (χ0n) is 69.8. The molecule has 0 spiro atoms. The van der Waals surface area contributed by atoms with Gasteiger partial charge in [-0.3, -0.25) is 27.8 Å². The highest BCUT2D eigenvalue weighted by atomic mass is 79.9. The molecule has 10 aromatic heterocycles. The van der Waals surface area contributed by atoms with Gasteiger partial charge in [-0.1, -0.05) is 87.2 Å². The van der Waals surface area contributed by atoms with E-state index >= 15 is 0 Å². The Morgan fingerprint density at radius 1 is 0.315 bits per heavy atom. The number of ether oxygens (including phenoxy) is 1. The molecule has 0 fully saturated rings. The maximum absolute atomic E-state index is 13.7. The quantitative estimate of drug-likeness (QED) is 0.0563. The normalized spacial score (nSPS) is 11.0. The van der Waals surface area contributed by atoms with E-state index in [1.165, 1.54) is 17.7 Å². The number of aryl methyl sites for hydroxylation is 6. The predicted molar refractivity (Wildman–Crippen MR) is 498 cm³/mol. The van der Waals surface area contributed by atoms with Crippen LogP contribution in [0.25, 0.3) is 84.3 Å². The molecule has 23 nitrogen and oxygen atoms in total. The average Bonchev–Trinajstić information content (AvgIpc) is 1.64. The summed E-state index contributed by atoms with van der Waals surface area (Å²) in [5.74, 6) is 4.14. The minimum absolute atomic E-state index is 0.361. The molecule has 0 saturated carbocycles. The average molecular weight is 1850 g/mol. The van der Waals surface area contributed by atoms with Gasteiger partial charge in [0.25, 0.3) is 0 Å². The van der Waals surface area contributed by atoms with E-state index in [0.29, 0.717) is 135 Å². The molecule has 0 aliphatic rings. The lowest BCUT2D eigenvalue weighted by Crippen LogP contribution is -2.04. The first-order valence-electron chi connectivity index (χ1n) is 39.9. The molecule has 20 aromatic rings. The lowest BCUT2D eigenvalue weighted by Gasteiger charge is -2.11. The molecule has 646 valence electrons. The first-order valence-corrected chi connectivity index (χ1v) is 41.5. The Labute approximate surface area is 756 Å². The van der Waals surface area contributed by atoms with Crippen molar-refractivity contribution in [3.8, 4) is 40.9 Å². The molecule has 0 unspecified atom stereocenters. The zero-order chi connectivity index (χ0) is 91.0. The number of hydrogen-bond donors (Lipinski definition) is 5. The standard InChI is InChI=1S/C20H13ClFN5.C20H16F2N4O.C20H16F2N4.C19H13ClF2N4.C18H14BrN5/c1-12-24-17-7-4-15(22)10-18(17)27(12)20-9-13(11-23)8-19(26-20)25-16-5-2-14(21)3-6-16;1-12-23-17-10-15(21)16(22)11-18(17)26(12)20-5-3-4-19(25-20)24-13-6-8-14(27-2)9-7-13;1-12-6-8-14(9-7-12)24-19-4-3-5-20(25-19)26-13(2)23-17-10-15(21)16(22)11-18(17)26;1-11-23-16-9-14(21)15(22)10-17(16)26(11)19-4-2-3-18(25-19)24-13-7-5-12(20)6-8-13;1-12-21-15-4-2-3-5-16(15)24(12)18-11-20-10-17(23-18)22-14-8-6-13(19)7-9-14/h2-10H,1H3,(H,25,26);3-11H,1-2H3,(H,24,25);3-11H,1-2H3,(H,24,25);2-10H,1H3,(H,24,25);2-11H,1H3,(H,22,23). The van der Waals surface area contributed by atoms with Crippen molar-refractivity contribution in [1.29, 1.82) is 5.26 Å². The molecule has 0 saturated heterocycles. The third-order valence-corrected chi connectivity index (χ3v) is 21.1. The Balaban J connectivity index is 0.000000119. The lowest BCUT2D eigenvalue weighted by molar-refractivity contribution is 0.415. The lowest BCUT2D eigenvalue weighted by atomic mass is 10.2. The predicted octanol–water partition coefficient (Wildman–Crippen LogP) is 25.0. The van der Waals surface area contributed by atoms with Crippen LogP contribution in [0.4, 0.5) is 88.3 Å². The highest BCUT2D eigenvalue weighted by Crippen LogP contribution is 2.33. The van der Waals surface area contributed by atoms with Crippen LogP contribution in [0.5, 0.6) is 5.75 Å². The van der Waals surface area contributed by atoms with Crippen LogP contribution in [0.1, 0.15) is 40.2 Å². The molecular formula is C97H72BrCl2F7N22O. The number of imidazole rings is 5. The van der Waals surface area contributed by atoms with Gasteiger partial charge in [0.2, 0.25) is 0 Å². The number of fused-ring (bicyclic) bond motifs is 5. The highest BCUT2D eigenvalue weighted by molar-refractivity contribution is 9.10. The van der Waals surface area contributed by atoms with Crippen molar-refractivity contribution in [2.24, 2.45) is 0 Å². The summed E-state index contributed by atoms with van der Waals surface area (Å²) < 4.78 is 110. The summed E-state index contributed by atoms with van der Waals surface area (Å²) in [4.78, 5) is 49.3. The Bertz CT molecular complexity index is 7440. The van der Waals surface area contributed by atoms with Gasteiger partial charge in [-0.25, -0.2) is 80.6 Å². The van der Waals surface area contributed by atoms with Crippen LogP contribution in [0.15, 0.2) is 284 Å². The van der Waals surface area contributed by atoms with Crippen LogP contribution in [0.3, 0.4) is 0 Å². The van der Waals surface area contributed by atoms with Crippen molar-refractivity contribution in [1.82, 2.24) is 77.7 Å². The molecule has 20 rings (SSSR count). The summed E-state index contributed by atoms with van der Waals surface area (Å²) in [6.45, 7) is 11.1. The number of para-hydroxylation sites is 2. The SMILES string of the molecule is COc1ccc(Nc2cccc(-n3c(C)nc4cc(F)c(F)cc43)n2)cc1.Cc1ccc(Nc2cccc(-n3c(C)nc4cc(F)c(F)cc43)n2)cc1.Cc1nc2cc(F)c(F)cc2n1-c1cccc(Nc2ccc(Cl)cc2)n1.Cc1nc2ccc(F)cc2n1-c1cc(C#N)cc(Nc2ccc(Cl)cc2)n1.Cc1nc2ccccc2n1-c1cncc(Nc2ccc(Br)cc2)n1. The molecule has 10 aromatic carbocycles. The minimum atomic E-state index is -0.923. The third-order valence-electron chi connectivity index (χ3n) is 20.1. The third kappa shape index (κ3) is 20.1. The molecule has 0 aliphatic carbocycles. The van der Waals surface area contributed by atoms with E-state index in [4.69, 9.17) is 27.9 Å². The van der Waals surface area contributed by atoms with Crippen molar-refractivity contribution in [2.45, 2.75) is 41.5 Å². The monoisotopic (exact) mass is 1840 g/mol.